The van der Waals surface area contributed by atoms with Crippen LogP contribution in [0.2, 0.25) is 0 Å². The van der Waals surface area contributed by atoms with Crippen LogP contribution >= 0.6 is 0 Å². The molecule has 0 aliphatic carbocycles. The van der Waals surface area contributed by atoms with Crippen LogP contribution in [0.4, 0.5) is 15.8 Å². The molecule has 1 amide bonds. The molecule has 1 atom stereocenters. The second kappa shape index (κ2) is 6.32. The highest BCUT2D eigenvalue weighted by Gasteiger charge is 2.30. The first-order valence-corrected chi connectivity index (χ1v) is 9.26. The maximum absolute atomic E-state index is 14.2. The molecule has 7 nitrogen and oxygen atoms in total. The summed E-state index contributed by atoms with van der Waals surface area (Å²) in [5, 5.41) is 2.71. The molecule has 0 saturated carbocycles. The van der Waals surface area contributed by atoms with Crippen LogP contribution in [0.15, 0.2) is 30.6 Å². The van der Waals surface area contributed by atoms with Crippen molar-refractivity contribution in [3.8, 4) is 5.75 Å². The number of nitrogens with one attached hydrogen (secondary N) is 2. The van der Waals surface area contributed by atoms with Crippen molar-refractivity contribution in [1.82, 2.24) is 4.98 Å². The van der Waals surface area contributed by atoms with E-state index in [9.17, 15) is 17.6 Å². The van der Waals surface area contributed by atoms with Crippen LogP contribution < -0.4 is 14.8 Å². The smallest absolute Gasteiger partial charge is 0.229 e. The minimum atomic E-state index is -3.54. The summed E-state index contributed by atoms with van der Waals surface area (Å²) in [4.78, 5) is 15.8. The van der Waals surface area contributed by atoms with Crippen LogP contribution in [-0.2, 0) is 14.8 Å². The van der Waals surface area contributed by atoms with E-state index in [0.29, 0.717) is 16.8 Å². The summed E-state index contributed by atoms with van der Waals surface area (Å²) in [7, 11) is -2.15. The molecule has 0 fully saturated rings. The lowest BCUT2D eigenvalue weighted by atomic mass is 9.84. The maximum atomic E-state index is 14.2. The Morgan fingerprint density at radius 2 is 2.12 bits per heavy atom. The summed E-state index contributed by atoms with van der Waals surface area (Å²) in [6, 6.07) is 4.58. The zero-order chi connectivity index (χ0) is 18.2. The normalized spacial score (nSPS) is 16.8. The summed E-state index contributed by atoms with van der Waals surface area (Å²) in [5.74, 6) is -1.10. The van der Waals surface area contributed by atoms with Crippen LogP contribution in [0.5, 0.6) is 5.75 Å². The van der Waals surface area contributed by atoms with Crippen LogP contribution in [0, 0.1) is 5.82 Å². The maximum Gasteiger partial charge on any atom is 0.229 e. The number of amides is 1. The Bertz CT molecular complexity index is 946. The van der Waals surface area contributed by atoms with Gasteiger partial charge in [-0.15, -0.1) is 0 Å². The highest BCUT2D eigenvalue weighted by Crippen LogP contribution is 2.42. The van der Waals surface area contributed by atoms with E-state index < -0.39 is 21.8 Å². The van der Waals surface area contributed by atoms with Gasteiger partial charge in [0.15, 0.2) is 0 Å². The molecule has 2 aromatic rings. The van der Waals surface area contributed by atoms with E-state index in [1.54, 1.807) is 6.07 Å². The summed E-state index contributed by atoms with van der Waals surface area (Å²) in [5.41, 5.74) is 1.59. The Morgan fingerprint density at radius 1 is 1.36 bits per heavy atom. The van der Waals surface area contributed by atoms with Crippen molar-refractivity contribution >= 4 is 27.3 Å². The second-order valence-electron chi connectivity index (χ2n) is 5.72. The van der Waals surface area contributed by atoms with Crippen LogP contribution in [0.25, 0.3) is 0 Å². The van der Waals surface area contributed by atoms with Crippen molar-refractivity contribution in [1.29, 1.82) is 0 Å². The molecule has 0 saturated heterocycles. The Labute approximate surface area is 144 Å². The number of carbonyl (C=O) groups excluding carboxylic acids is 1. The second-order valence-corrected chi connectivity index (χ2v) is 7.46. The Morgan fingerprint density at radius 3 is 2.76 bits per heavy atom. The van der Waals surface area contributed by atoms with Crippen molar-refractivity contribution < 1.29 is 22.3 Å². The minimum absolute atomic E-state index is 0.0403. The van der Waals surface area contributed by atoms with E-state index in [1.807, 2.05) is 0 Å². The highest BCUT2D eigenvalue weighted by atomic mass is 32.2. The monoisotopic (exact) mass is 365 g/mol. The standard InChI is InChI=1S/C16H16FN3O4S/c1-24-15-7-13-11(5-14(15)20-25(2,22)23)10(6-16(21)19-13)9-3-4-18-8-12(9)17/h3-5,7-8,10,20H,6H2,1-2H3,(H,19,21)/t10-/m1/s1. The number of rotatable bonds is 4. The fraction of sp³-hybridized carbons (Fsp3) is 0.250. The number of pyridine rings is 1. The lowest BCUT2D eigenvalue weighted by Gasteiger charge is -2.27. The lowest BCUT2D eigenvalue weighted by Crippen LogP contribution is -2.24. The number of halogens is 1. The predicted molar refractivity (Wildman–Crippen MR) is 90.7 cm³/mol. The Kier molecular flexibility index (Phi) is 4.34. The number of hydrogen-bond donors (Lipinski definition) is 2. The number of anilines is 2. The van der Waals surface area contributed by atoms with Crippen molar-refractivity contribution in [3.05, 3.63) is 47.5 Å². The Hall–Kier alpha value is -2.68. The predicted octanol–water partition coefficient (Wildman–Crippen LogP) is 2.07. The fourth-order valence-corrected chi connectivity index (χ4v) is 3.44. The van der Waals surface area contributed by atoms with Gasteiger partial charge in [0.05, 0.1) is 25.2 Å². The van der Waals surface area contributed by atoms with E-state index in [0.717, 1.165) is 12.5 Å². The summed E-state index contributed by atoms with van der Waals surface area (Å²) in [6.45, 7) is 0. The van der Waals surface area contributed by atoms with Crippen LogP contribution in [0.3, 0.4) is 0 Å². The zero-order valence-corrected chi connectivity index (χ0v) is 14.4. The molecule has 2 heterocycles. The molecular weight excluding hydrogens is 349 g/mol. The van der Waals surface area contributed by atoms with Crippen LogP contribution in [-0.4, -0.2) is 32.7 Å². The van der Waals surface area contributed by atoms with Crippen molar-refractivity contribution in [2.75, 3.05) is 23.4 Å². The van der Waals surface area contributed by atoms with E-state index in [1.165, 1.54) is 25.4 Å². The SMILES string of the molecule is COc1cc2c(cc1NS(C)(=O)=O)[C@@H](c1ccncc1F)CC(=O)N2. The van der Waals surface area contributed by atoms with Crippen molar-refractivity contribution in [2.45, 2.75) is 12.3 Å². The molecule has 0 unspecified atom stereocenters. The average molecular weight is 365 g/mol. The zero-order valence-electron chi connectivity index (χ0n) is 13.5. The van der Waals surface area contributed by atoms with Gasteiger partial charge in [-0.2, -0.15) is 0 Å². The molecule has 0 spiro atoms. The molecule has 9 heteroatoms. The first kappa shape index (κ1) is 17.2. The Balaban J connectivity index is 2.17. The van der Waals surface area contributed by atoms with E-state index in [4.69, 9.17) is 4.74 Å². The summed E-state index contributed by atoms with van der Waals surface area (Å²) < 4.78 is 44.9. The highest BCUT2D eigenvalue weighted by molar-refractivity contribution is 7.92. The van der Waals surface area contributed by atoms with Gasteiger partial charge in [0.25, 0.3) is 0 Å². The van der Waals surface area contributed by atoms with Gasteiger partial charge in [0.1, 0.15) is 11.6 Å². The molecule has 132 valence electrons. The number of sulfonamides is 1. The van der Waals surface area contributed by atoms with Gasteiger partial charge < -0.3 is 10.1 Å². The van der Waals surface area contributed by atoms with Gasteiger partial charge in [-0.3, -0.25) is 14.5 Å². The molecule has 1 aromatic carbocycles. The largest absolute Gasteiger partial charge is 0.494 e. The number of fused-ring (bicyclic) bond motifs is 1. The number of benzene rings is 1. The molecule has 3 rings (SSSR count). The van der Waals surface area contributed by atoms with Crippen LogP contribution in [0.1, 0.15) is 23.5 Å². The van der Waals surface area contributed by atoms with E-state index in [2.05, 4.69) is 15.0 Å². The molecule has 2 N–H and O–H groups in total. The van der Waals surface area contributed by atoms with Gasteiger partial charge in [-0.05, 0) is 23.3 Å². The quantitative estimate of drug-likeness (QED) is 0.864. The van der Waals surface area contributed by atoms with Gasteiger partial charge in [-0.25, -0.2) is 12.8 Å². The van der Waals surface area contributed by atoms with Gasteiger partial charge in [0.2, 0.25) is 15.9 Å². The average Bonchev–Trinajstić information content (AvgIpc) is 2.53. The minimum Gasteiger partial charge on any atom is -0.494 e. The first-order chi connectivity index (χ1) is 11.8. The number of nitrogens with zero attached hydrogens (tertiary/aromatic N) is 1. The van der Waals surface area contributed by atoms with E-state index in [-0.39, 0.29) is 23.8 Å². The number of carbonyl (C=O) groups is 1. The third-order valence-electron chi connectivity index (χ3n) is 3.89. The summed E-state index contributed by atoms with van der Waals surface area (Å²) in [6.07, 6.45) is 3.59. The number of aromatic nitrogens is 1. The molecule has 1 aromatic heterocycles. The van der Waals surface area contributed by atoms with Crippen molar-refractivity contribution in [2.24, 2.45) is 0 Å². The molecule has 25 heavy (non-hydrogen) atoms. The number of ether oxygens (including phenoxy) is 1. The third kappa shape index (κ3) is 3.55. The van der Waals surface area contributed by atoms with Gasteiger partial charge >= 0.3 is 0 Å². The molecular formula is C16H16FN3O4S. The van der Waals surface area contributed by atoms with Gasteiger partial charge in [0, 0.05) is 30.3 Å². The topological polar surface area (TPSA) is 97.4 Å². The van der Waals surface area contributed by atoms with Gasteiger partial charge in [-0.1, -0.05) is 0 Å². The summed E-state index contributed by atoms with van der Waals surface area (Å²) >= 11 is 0. The fourth-order valence-electron chi connectivity index (χ4n) is 2.88. The van der Waals surface area contributed by atoms with Crippen molar-refractivity contribution in [3.63, 3.8) is 0 Å². The third-order valence-corrected chi connectivity index (χ3v) is 4.48. The molecule has 0 radical (unpaired) electrons. The number of hydrogen-bond acceptors (Lipinski definition) is 5. The molecule has 1 aliphatic rings. The first-order valence-electron chi connectivity index (χ1n) is 7.37. The lowest BCUT2D eigenvalue weighted by molar-refractivity contribution is -0.116. The molecule has 0 bridgehead atoms. The van der Waals surface area contributed by atoms with E-state index >= 15 is 0 Å². The molecule has 1 aliphatic heterocycles. The number of methoxy groups -OCH3 is 1.